The molecule has 1 atom stereocenters. The second-order valence-electron chi connectivity index (χ2n) is 4.13. The first-order valence-corrected chi connectivity index (χ1v) is 5.44. The molecular formula is C13H16O2. The minimum Gasteiger partial charge on any atom is -0.497 e. The summed E-state index contributed by atoms with van der Waals surface area (Å²) >= 11 is 0. The zero-order valence-corrected chi connectivity index (χ0v) is 9.25. The summed E-state index contributed by atoms with van der Waals surface area (Å²) < 4.78 is 5.13. The summed E-state index contributed by atoms with van der Waals surface area (Å²) in [5.41, 5.74) is 2.04. The highest BCUT2D eigenvalue weighted by atomic mass is 16.5. The molecule has 1 aromatic rings. The van der Waals surface area contributed by atoms with Crippen LogP contribution in [0, 0.1) is 5.92 Å². The van der Waals surface area contributed by atoms with Gasteiger partial charge >= 0.3 is 0 Å². The largest absolute Gasteiger partial charge is 0.497 e. The topological polar surface area (TPSA) is 26.3 Å². The van der Waals surface area contributed by atoms with Gasteiger partial charge in [-0.15, -0.1) is 0 Å². The summed E-state index contributed by atoms with van der Waals surface area (Å²) in [4.78, 5) is 11.9. The van der Waals surface area contributed by atoms with Gasteiger partial charge in [-0.05, 0) is 30.0 Å². The molecule has 0 unspecified atom stereocenters. The van der Waals surface area contributed by atoms with E-state index in [1.807, 2.05) is 18.2 Å². The Morgan fingerprint density at radius 3 is 2.87 bits per heavy atom. The van der Waals surface area contributed by atoms with E-state index in [0.29, 0.717) is 12.3 Å². The van der Waals surface area contributed by atoms with Crippen LogP contribution < -0.4 is 4.74 Å². The van der Waals surface area contributed by atoms with Crippen LogP contribution >= 0.6 is 0 Å². The maximum absolute atomic E-state index is 11.9. The fraction of sp³-hybridized carbons (Fsp3) is 0.462. The van der Waals surface area contributed by atoms with E-state index in [1.54, 1.807) is 7.11 Å². The van der Waals surface area contributed by atoms with E-state index in [2.05, 4.69) is 6.92 Å². The Kier molecular flexibility index (Phi) is 2.76. The third-order valence-corrected chi connectivity index (χ3v) is 3.18. The van der Waals surface area contributed by atoms with Crippen molar-refractivity contribution < 1.29 is 9.53 Å². The third kappa shape index (κ3) is 1.89. The number of carbonyl (C=O) groups excluding carboxylic acids is 1. The van der Waals surface area contributed by atoms with Gasteiger partial charge in [-0.2, -0.15) is 0 Å². The molecule has 1 aliphatic rings. The van der Waals surface area contributed by atoms with Crippen molar-refractivity contribution in [1.82, 2.24) is 0 Å². The number of ether oxygens (including phenoxy) is 1. The summed E-state index contributed by atoms with van der Waals surface area (Å²) in [7, 11) is 1.63. The zero-order valence-electron chi connectivity index (χ0n) is 9.25. The average molecular weight is 204 g/mol. The first-order valence-electron chi connectivity index (χ1n) is 5.44. The van der Waals surface area contributed by atoms with E-state index in [1.165, 1.54) is 5.56 Å². The van der Waals surface area contributed by atoms with Gasteiger partial charge in [0.05, 0.1) is 7.11 Å². The highest BCUT2D eigenvalue weighted by molar-refractivity contribution is 5.99. The van der Waals surface area contributed by atoms with Crippen LogP contribution in [0.4, 0.5) is 0 Å². The van der Waals surface area contributed by atoms with Gasteiger partial charge in [-0.1, -0.05) is 19.4 Å². The van der Waals surface area contributed by atoms with E-state index in [9.17, 15) is 4.79 Å². The maximum atomic E-state index is 11.9. The summed E-state index contributed by atoms with van der Waals surface area (Å²) in [6.07, 6.45) is 2.80. The monoisotopic (exact) mass is 204 g/mol. The number of Topliss-reactive ketones (excluding diaryl/α,β-unsaturated/α-hetero) is 1. The number of hydrogen-bond donors (Lipinski definition) is 0. The Balaban J connectivity index is 2.37. The molecule has 0 saturated heterocycles. The summed E-state index contributed by atoms with van der Waals surface area (Å²) in [6, 6.07) is 5.82. The van der Waals surface area contributed by atoms with E-state index < -0.39 is 0 Å². The predicted molar refractivity (Wildman–Crippen MR) is 59.4 cm³/mol. The van der Waals surface area contributed by atoms with Crippen molar-refractivity contribution >= 4 is 5.78 Å². The lowest BCUT2D eigenvalue weighted by atomic mass is 9.82. The van der Waals surface area contributed by atoms with Crippen molar-refractivity contribution in [3.63, 3.8) is 0 Å². The van der Waals surface area contributed by atoms with Gasteiger partial charge in [0.15, 0.2) is 5.78 Å². The van der Waals surface area contributed by atoms with E-state index in [-0.39, 0.29) is 5.78 Å². The van der Waals surface area contributed by atoms with Crippen molar-refractivity contribution in [2.75, 3.05) is 7.11 Å². The number of fused-ring (bicyclic) bond motifs is 1. The zero-order chi connectivity index (χ0) is 10.8. The van der Waals surface area contributed by atoms with Gasteiger partial charge in [0.2, 0.25) is 0 Å². The molecule has 0 amide bonds. The average Bonchev–Trinajstić information content (AvgIpc) is 2.28. The van der Waals surface area contributed by atoms with Crippen LogP contribution in [0.5, 0.6) is 5.75 Å². The Bertz CT molecular complexity index is 382. The number of methoxy groups -OCH3 is 1. The molecule has 1 aromatic carbocycles. The Labute approximate surface area is 90.3 Å². The minimum absolute atomic E-state index is 0.266. The van der Waals surface area contributed by atoms with E-state index >= 15 is 0 Å². The molecule has 0 N–H and O–H groups in total. The summed E-state index contributed by atoms with van der Waals surface area (Å²) in [6.45, 7) is 2.15. The normalized spacial score (nSPS) is 19.9. The molecule has 0 heterocycles. The standard InChI is InChI=1S/C13H16O2/c1-3-9-6-10-4-5-11(15-2)8-12(10)13(14)7-9/h4-5,8-9H,3,6-7H2,1-2H3/t9-/m0/s1. The van der Waals surface area contributed by atoms with Gasteiger partial charge in [-0.25, -0.2) is 0 Å². The Morgan fingerprint density at radius 1 is 1.40 bits per heavy atom. The van der Waals surface area contributed by atoms with Crippen molar-refractivity contribution in [2.45, 2.75) is 26.2 Å². The molecule has 2 rings (SSSR count). The van der Waals surface area contributed by atoms with Gasteiger partial charge in [0, 0.05) is 12.0 Å². The van der Waals surface area contributed by atoms with Crippen LogP contribution in [0.1, 0.15) is 35.7 Å². The lowest BCUT2D eigenvalue weighted by Crippen LogP contribution is -2.19. The number of benzene rings is 1. The molecule has 0 spiro atoms. The second kappa shape index (κ2) is 4.05. The maximum Gasteiger partial charge on any atom is 0.163 e. The second-order valence-corrected chi connectivity index (χ2v) is 4.13. The van der Waals surface area contributed by atoms with Crippen LogP contribution in [-0.2, 0) is 6.42 Å². The molecule has 0 bridgehead atoms. The van der Waals surface area contributed by atoms with Gasteiger partial charge in [-0.3, -0.25) is 4.79 Å². The van der Waals surface area contributed by atoms with Crippen LogP contribution in [-0.4, -0.2) is 12.9 Å². The lowest BCUT2D eigenvalue weighted by Gasteiger charge is -2.22. The number of ketones is 1. The molecule has 0 saturated carbocycles. The van der Waals surface area contributed by atoms with Crippen LogP contribution in [0.3, 0.4) is 0 Å². The highest BCUT2D eigenvalue weighted by Gasteiger charge is 2.24. The van der Waals surface area contributed by atoms with Gasteiger partial charge in [0.25, 0.3) is 0 Å². The first kappa shape index (κ1) is 10.2. The van der Waals surface area contributed by atoms with Crippen molar-refractivity contribution in [1.29, 1.82) is 0 Å². The first-order chi connectivity index (χ1) is 7.24. The fourth-order valence-corrected chi connectivity index (χ4v) is 2.16. The lowest BCUT2D eigenvalue weighted by molar-refractivity contribution is 0.0947. The molecule has 2 nitrogen and oxygen atoms in total. The molecule has 0 aromatic heterocycles. The molecule has 15 heavy (non-hydrogen) atoms. The Morgan fingerprint density at radius 2 is 2.20 bits per heavy atom. The molecular weight excluding hydrogens is 188 g/mol. The number of rotatable bonds is 2. The SMILES string of the molecule is CC[C@@H]1CC(=O)c2cc(OC)ccc2C1. The van der Waals surface area contributed by atoms with Gasteiger partial charge < -0.3 is 4.74 Å². The molecule has 2 heteroatoms. The number of carbonyl (C=O) groups is 1. The predicted octanol–water partition coefficient (Wildman–Crippen LogP) is 2.85. The Hall–Kier alpha value is -1.31. The highest BCUT2D eigenvalue weighted by Crippen LogP contribution is 2.29. The van der Waals surface area contributed by atoms with Crippen LogP contribution in [0.25, 0.3) is 0 Å². The molecule has 0 fully saturated rings. The fourth-order valence-electron chi connectivity index (χ4n) is 2.16. The third-order valence-electron chi connectivity index (χ3n) is 3.18. The minimum atomic E-state index is 0.266. The van der Waals surface area contributed by atoms with E-state index in [0.717, 1.165) is 24.2 Å². The summed E-state index contributed by atoms with van der Waals surface area (Å²) in [5, 5.41) is 0. The number of hydrogen-bond acceptors (Lipinski definition) is 2. The molecule has 80 valence electrons. The van der Waals surface area contributed by atoms with Crippen LogP contribution in [0.15, 0.2) is 18.2 Å². The summed E-state index contributed by atoms with van der Waals surface area (Å²) in [5.74, 6) is 1.57. The molecule has 1 aliphatic carbocycles. The molecule has 0 radical (unpaired) electrons. The van der Waals surface area contributed by atoms with Crippen molar-refractivity contribution in [3.05, 3.63) is 29.3 Å². The van der Waals surface area contributed by atoms with E-state index in [4.69, 9.17) is 4.74 Å². The molecule has 0 aliphatic heterocycles. The quantitative estimate of drug-likeness (QED) is 0.740. The van der Waals surface area contributed by atoms with Crippen molar-refractivity contribution in [3.8, 4) is 5.75 Å². The van der Waals surface area contributed by atoms with Crippen LogP contribution in [0.2, 0.25) is 0 Å². The smallest absolute Gasteiger partial charge is 0.163 e. The van der Waals surface area contributed by atoms with Gasteiger partial charge in [0.1, 0.15) is 5.75 Å². The van der Waals surface area contributed by atoms with Crippen molar-refractivity contribution in [2.24, 2.45) is 5.92 Å².